The highest BCUT2D eigenvalue weighted by Crippen LogP contribution is 2.23. The fourth-order valence-electron chi connectivity index (χ4n) is 8.22. The molecule has 2 fully saturated rings. The summed E-state index contributed by atoms with van der Waals surface area (Å²) in [7, 11) is 0. The van der Waals surface area contributed by atoms with Gasteiger partial charge >= 0.3 is 5.97 Å². The number of hydrogen-bond acceptors (Lipinski definition) is 10. The van der Waals surface area contributed by atoms with E-state index in [0.29, 0.717) is 59.7 Å². The summed E-state index contributed by atoms with van der Waals surface area (Å²) in [5, 5.41) is 22.6. The molecule has 0 radical (unpaired) electrons. The lowest BCUT2D eigenvalue weighted by Gasteiger charge is -2.24. The Bertz CT molecular complexity index is 2400. The molecule has 0 bridgehead atoms. The van der Waals surface area contributed by atoms with Crippen molar-refractivity contribution < 1.29 is 14.7 Å². The summed E-state index contributed by atoms with van der Waals surface area (Å²) in [5.41, 5.74) is 3.50. The third kappa shape index (κ3) is 10.7. The number of Topliss-reactive ketones (excluding diaryl/α,β-unsaturated/α-hetero) is 1. The van der Waals surface area contributed by atoms with Gasteiger partial charge in [-0.25, -0.2) is 9.36 Å². The van der Waals surface area contributed by atoms with E-state index >= 15 is 0 Å². The van der Waals surface area contributed by atoms with Crippen LogP contribution in [0.1, 0.15) is 68.0 Å². The Kier molecular flexibility index (Phi) is 14.1. The predicted octanol–water partition coefficient (Wildman–Crippen LogP) is 6.45. The van der Waals surface area contributed by atoms with E-state index in [9.17, 15) is 19.2 Å². The van der Waals surface area contributed by atoms with Crippen molar-refractivity contribution in [1.29, 1.82) is 0 Å². The Labute approximate surface area is 357 Å². The third-order valence-electron chi connectivity index (χ3n) is 11.4. The molecule has 13 nitrogen and oxygen atoms in total. The second-order valence-corrected chi connectivity index (χ2v) is 16.4. The molecule has 0 spiro atoms. The van der Waals surface area contributed by atoms with Gasteiger partial charge in [-0.05, 0) is 93.2 Å². The average molecular weight is 852 g/mol. The van der Waals surface area contributed by atoms with Gasteiger partial charge in [-0.3, -0.25) is 38.9 Å². The van der Waals surface area contributed by atoms with Crippen molar-refractivity contribution in [3.8, 4) is 0 Å². The number of halogens is 2. The van der Waals surface area contributed by atoms with E-state index in [-0.39, 0.29) is 35.4 Å². The van der Waals surface area contributed by atoms with Crippen LogP contribution in [0, 0.1) is 0 Å². The monoisotopic (exact) mass is 850 g/mol. The number of aliphatic carboxylic acids is 1. The van der Waals surface area contributed by atoms with Gasteiger partial charge in [0, 0.05) is 90.0 Å². The zero-order valence-corrected chi connectivity index (χ0v) is 35.1. The maximum atomic E-state index is 13.1. The molecule has 2 atom stereocenters. The highest BCUT2D eigenvalue weighted by molar-refractivity contribution is 6.30. The van der Waals surface area contributed by atoms with Crippen LogP contribution in [-0.2, 0) is 35.5 Å². The largest absolute Gasteiger partial charge is 0.481 e. The number of pyridine rings is 2. The Morgan fingerprint density at radius 3 is 1.50 bits per heavy atom. The van der Waals surface area contributed by atoms with Gasteiger partial charge in [0.2, 0.25) is 0 Å². The van der Waals surface area contributed by atoms with Crippen molar-refractivity contribution in [2.24, 2.45) is 0 Å². The minimum atomic E-state index is -0.806. The van der Waals surface area contributed by atoms with Crippen LogP contribution in [-0.4, -0.2) is 94.5 Å². The van der Waals surface area contributed by atoms with Gasteiger partial charge in [-0.15, -0.1) is 0 Å². The Hall–Kier alpha value is -5.34. The molecule has 60 heavy (non-hydrogen) atoms. The van der Waals surface area contributed by atoms with Crippen molar-refractivity contribution >= 4 is 56.5 Å². The molecule has 0 aliphatic carbocycles. The van der Waals surface area contributed by atoms with E-state index in [4.69, 9.17) is 38.5 Å². The predicted molar refractivity (Wildman–Crippen MR) is 233 cm³/mol. The van der Waals surface area contributed by atoms with Crippen LogP contribution < -0.4 is 11.1 Å². The maximum absolute atomic E-state index is 13.1. The fourth-order valence-corrected chi connectivity index (χ4v) is 8.47. The van der Waals surface area contributed by atoms with E-state index in [1.165, 1.54) is 4.68 Å². The van der Waals surface area contributed by atoms with Crippen LogP contribution in [0.5, 0.6) is 0 Å². The molecule has 2 aliphatic heterocycles. The summed E-state index contributed by atoms with van der Waals surface area (Å²) in [4.78, 5) is 61.4. The van der Waals surface area contributed by atoms with Gasteiger partial charge in [0.15, 0.2) is 0 Å². The molecule has 6 heterocycles. The molecule has 4 aromatic heterocycles. The van der Waals surface area contributed by atoms with Crippen LogP contribution >= 0.6 is 23.2 Å². The molecular formula is C45H48Cl2N8O5. The smallest absolute Gasteiger partial charge is 0.304 e. The number of carboxylic acid groups (broad SMARTS) is 1. The van der Waals surface area contributed by atoms with Crippen LogP contribution in [0.25, 0.3) is 21.5 Å². The number of rotatable bonds is 14. The molecule has 2 aliphatic rings. The molecule has 8 rings (SSSR count). The minimum Gasteiger partial charge on any atom is -0.481 e. The van der Waals surface area contributed by atoms with Crippen LogP contribution in [0.4, 0.5) is 0 Å². The number of carbonyl (C=O) groups is 2. The lowest BCUT2D eigenvalue weighted by molar-refractivity contribution is -0.137. The van der Waals surface area contributed by atoms with Gasteiger partial charge in [0.05, 0.1) is 41.7 Å². The number of likely N-dealkylation sites (tertiary alicyclic amines) is 2. The van der Waals surface area contributed by atoms with Crippen LogP contribution in [0.15, 0.2) is 95.0 Å². The van der Waals surface area contributed by atoms with Crippen LogP contribution in [0.2, 0.25) is 10.0 Å². The van der Waals surface area contributed by atoms with Crippen molar-refractivity contribution in [2.75, 3.05) is 26.2 Å². The molecule has 6 aromatic rings. The first-order chi connectivity index (χ1) is 29.0. The van der Waals surface area contributed by atoms with Gasteiger partial charge in [0.1, 0.15) is 5.78 Å². The Morgan fingerprint density at radius 1 is 0.650 bits per heavy atom. The van der Waals surface area contributed by atoms with E-state index in [1.807, 2.05) is 48.5 Å². The summed E-state index contributed by atoms with van der Waals surface area (Å²) in [6.07, 6.45) is 12.5. The van der Waals surface area contributed by atoms with Crippen molar-refractivity contribution in [1.82, 2.24) is 39.3 Å². The van der Waals surface area contributed by atoms with E-state index in [0.717, 1.165) is 78.6 Å². The van der Waals surface area contributed by atoms with E-state index < -0.39 is 5.97 Å². The summed E-state index contributed by atoms with van der Waals surface area (Å²) in [6, 6.07) is 19.1. The van der Waals surface area contributed by atoms with Crippen molar-refractivity contribution in [3.63, 3.8) is 0 Å². The van der Waals surface area contributed by atoms with Gasteiger partial charge in [0.25, 0.3) is 11.1 Å². The molecule has 312 valence electrons. The summed E-state index contributed by atoms with van der Waals surface area (Å²) < 4.78 is 3.14. The second kappa shape index (κ2) is 19.8. The lowest BCUT2D eigenvalue weighted by Crippen LogP contribution is -2.38. The van der Waals surface area contributed by atoms with Crippen molar-refractivity contribution in [2.45, 2.75) is 83.5 Å². The summed E-state index contributed by atoms with van der Waals surface area (Å²) >= 11 is 12.0. The minimum absolute atomic E-state index is 0.0920. The fraction of sp³-hybridized carbons (Fsp3) is 0.378. The van der Waals surface area contributed by atoms with Gasteiger partial charge in [-0.1, -0.05) is 47.5 Å². The van der Waals surface area contributed by atoms with Crippen LogP contribution in [0.3, 0.4) is 0 Å². The molecule has 15 heteroatoms. The number of aromatic nitrogens is 6. The summed E-state index contributed by atoms with van der Waals surface area (Å²) in [6.45, 7) is 5.64. The molecule has 2 saturated heterocycles. The number of benzene rings is 2. The molecular weight excluding hydrogens is 803 g/mol. The molecule has 2 aromatic carbocycles. The first-order valence-corrected chi connectivity index (χ1v) is 21.1. The average Bonchev–Trinajstić information content (AvgIpc) is 3.90. The number of nitrogens with zero attached hydrogens (tertiary/aromatic N) is 8. The number of hydrogen-bond donors (Lipinski definition) is 1. The first kappa shape index (κ1) is 42.8. The summed E-state index contributed by atoms with van der Waals surface area (Å²) in [5.74, 6) is -0.612. The lowest BCUT2D eigenvalue weighted by atomic mass is 10.1. The highest BCUT2D eigenvalue weighted by Gasteiger charge is 2.28. The second-order valence-electron chi connectivity index (χ2n) is 15.6. The first-order valence-electron chi connectivity index (χ1n) is 20.4. The van der Waals surface area contributed by atoms with Gasteiger partial charge < -0.3 is 5.11 Å². The Balaban J connectivity index is 0.000000181. The SMILES string of the molecule is CC(=O)CCN1CCC[C@@H]1Cn1nc(Cc2ccc(Cl)cc2)c2cnccc2c1=O.O=C(O)CCN1CCC[C@@H]1Cn1nc(Cc2ccc(Cl)cc2)c2cnccc2c1=O. The molecule has 0 saturated carbocycles. The van der Waals surface area contributed by atoms with Gasteiger partial charge in [-0.2, -0.15) is 10.2 Å². The number of carbonyl (C=O) groups excluding carboxylic acids is 1. The van der Waals surface area contributed by atoms with Crippen molar-refractivity contribution in [3.05, 3.63) is 139 Å². The maximum Gasteiger partial charge on any atom is 0.304 e. The number of carboxylic acids is 1. The third-order valence-corrected chi connectivity index (χ3v) is 11.9. The molecule has 0 unspecified atom stereocenters. The number of ketones is 1. The van der Waals surface area contributed by atoms with E-state index in [1.54, 1.807) is 48.5 Å². The molecule has 1 N–H and O–H groups in total. The topological polar surface area (TPSA) is 156 Å². The normalized spacial score (nSPS) is 16.9. The zero-order chi connectivity index (χ0) is 42.2. The highest BCUT2D eigenvalue weighted by atomic mass is 35.5. The molecule has 0 amide bonds. The quantitative estimate of drug-likeness (QED) is 0.129. The Morgan fingerprint density at radius 2 is 1.08 bits per heavy atom. The number of fused-ring (bicyclic) bond motifs is 2. The van der Waals surface area contributed by atoms with E-state index in [2.05, 4.69) is 19.8 Å². The zero-order valence-electron chi connectivity index (χ0n) is 33.6. The standard InChI is InChI=1S/C23H25ClN4O2.C22H23ClN4O3/c1-16(29)9-12-27-11-2-3-19(27)15-28-23(30)20-8-10-25-14-21(20)22(26-28)13-17-4-6-18(24)7-5-17;23-16-5-3-15(4-6-16)12-20-19-13-24-9-7-18(19)22(30)27(25-20)14-17-2-1-10-26(17)11-8-21(28)29/h4-8,10,14,19H,2-3,9,11-13,15H2,1H3;3-7,9,13,17H,1-2,8,10-12,14H2,(H,28,29)/t19-;17-/m11/s1.